The number of ether oxygens (including phenoxy) is 1. The van der Waals surface area contributed by atoms with Crippen LogP contribution in [-0.4, -0.2) is 35.0 Å². The van der Waals surface area contributed by atoms with Crippen LogP contribution in [0, 0.1) is 0 Å². The van der Waals surface area contributed by atoms with Crippen molar-refractivity contribution >= 4 is 28.5 Å². The van der Waals surface area contributed by atoms with Gasteiger partial charge in [0.05, 0.1) is 18.8 Å². The smallest absolute Gasteiger partial charge is 0.413 e. The van der Waals surface area contributed by atoms with Crippen molar-refractivity contribution in [2.75, 3.05) is 18.5 Å². The SMILES string of the molecule is CCCC(=O)N1CCc2nc(NC(=O)OCC)sc2C1. The van der Waals surface area contributed by atoms with Crippen molar-refractivity contribution in [3.8, 4) is 0 Å². The molecule has 2 heterocycles. The number of carbonyl (C=O) groups is 2. The molecule has 1 aliphatic heterocycles. The molecule has 7 heteroatoms. The van der Waals surface area contributed by atoms with Crippen molar-refractivity contribution in [2.45, 2.75) is 39.7 Å². The minimum absolute atomic E-state index is 0.187. The lowest BCUT2D eigenvalue weighted by atomic mass is 10.1. The summed E-state index contributed by atoms with van der Waals surface area (Å²) in [6.45, 7) is 5.38. The number of hydrogen-bond donors (Lipinski definition) is 1. The van der Waals surface area contributed by atoms with Crippen LogP contribution in [0.3, 0.4) is 0 Å². The van der Waals surface area contributed by atoms with E-state index in [2.05, 4.69) is 10.3 Å². The number of carbonyl (C=O) groups excluding carboxylic acids is 2. The molecular formula is C13H19N3O3S. The number of hydrogen-bond acceptors (Lipinski definition) is 5. The highest BCUT2D eigenvalue weighted by Crippen LogP contribution is 2.28. The van der Waals surface area contributed by atoms with Gasteiger partial charge in [0.2, 0.25) is 5.91 Å². The maximum Gasteiger partial charge on any atom is 0.413 e. The largest absolute Gasteiger partial charge is 0.450 e. The lowest BCUT2D eigenvalue weighted by molar-refractivity contribution is -0.132. The summed E-state index contributed by atoms with van der Waals surface area (Å²) in [6.07, 6.45) is 1.70. The summed E-state index contributed by atoms with van der Waals surface area (Å²) < 4.78 is 4.82. The van der Waals surface area contributed by atoms with E-state index in [0.717, 1.165) is 23.4 Å². The van der Waals surface area contributed by atoms with E-state index in [1.54, 1.807) is 6.92 Å². The first-order chi connectivity index (χ1) is 9.63. The number of nitrogens with one attached hydrogen (secondary N) is 1. The van der Waals surface area contributed by atoms with E-state index in [4.69, 9.17) is 4.74 Å². The van der Waals surface area contributed by atoms with Crippen LogP contribution in [-0.2, 0) is 22.5 Å². The Balaban J connectivity index is 2.00. The minimum Gasteiger partial charge on any atom is -0.450 e. The van der Waals surface area contributed by atoms with E-state index in [-0.39, 0.29) is 5.91 Å². The predicted octanol–water partition coefficient (Wildman–Crippen LogP) is 2.40. The second-order valence-electron chi connectivity index (χ2n) is 4.55. The lowest BCUT2D eigenvalue weighted by Gasteiger charge is -2.25. The second kappa shape index (κ2) is 6.69. The molecule has 2 amide bonds. The molecule has 0 fully saturated rings. The van der Waals surface area contributed by atoms with E-state index in [1.165, 1.54) is 11.3 Å². The Morgan fingerprint density at radius 2 is 2.25 bits per heavy atom. The van der Waals surface area contributed by atoms with Gasteiger partial charge in [-0.2, -0.15) is 0 Å². The van der Waals surface area contributed by atoms with Crippen molar-refractivity contribution < 1.29 is 14.3 Å². The van der Waals surface area contributed by atoms with E-state index in [0.29, 0.717) is 31.2 Å². The summed E-state index contributed by atoms with van der Waals surface area (Å²) in [5.74, 6) is 0.187. The molecule has 0 saturated carbocycles. The highest BCUT2D eigenvalue weighted by Gasteiger charge is 2.24. The zero-order valence-corrected chi connectivity index (χ0v) is 12.6. The van der Waals surface area contributed by atoms with Crippen molar-refractivity contribution in [3.05, 3.63) is 10.6 Å². The van der Waals surface area contributed by atoms with Gasteiger partial charge < -0.3 is 9.64 Å². The van der Waals surface area contributed by atoms with E-state index < -0.39 is 6.09 Å². The number of fused-ring (bicyclic) bond motifs is 1. The normalized spacial score (nSPS) is 13.8. The maximum atomic E-state index is 11.9. The van der Waals surface area contributed by atoms with E-state index >= 15 is 0 Å². The Morgan fingerprint density at radius 1 is 1.45 bits per heavy atom. The molecule has 1 aromatic rings. The highest BCUT2D eigenvalue weighted by molar-refractivity contribution is 7.15. The monoisotopic (exact) mass is 297 g/mol. The van der Waals surface area contributed by atoms with Crippen LogP contribution in [0.2, 0.25) is 0 Å². The quantitative estimate of drug-likeness (QED) is 0.926. The molecule has 0 unspecified atom stereocenters. The van der Waals surface area contributed by atoms with Gasteiger partial charge in [-0.05, 0) is 13.3 Å². The molecule has 0 aromatic carbocycles. The summed E-state index contributed by atoms with van der Waals surface area (Å²) in [7, 11) is 0. The summed E-state index contributed by atoms with van der Waals surface area (Å²) >= 11 is 1.41. The van der Waals surface area contributed by atoms with Gasteiger partial charge in [-0.3, -0.25) is 10.1 Å². The predicted molar refractivity (Wildman–Crippen MR) is 76.8 cm³/mol. The van der Waals surface area contributed by atoms with Crippen LogP contribution < -0.4 is 5.32 Å². The third-order valence-corrected chi connectivity index (χ3v) is 4.03. The van der Waals surface area contributed by atoms with Gasteiger partial charge in [0, 0.05) is 24.3 Å². The van der Waals surface area contributed by atoms with E-state index in [9.17, 15) is 9.59 Å². The summed E-state index contributed by atoms with van der Waals surface area (Å²) in [6, 6.07) is 0. The van der Waals surface area contributed by atoms with Gasteiger partial charge in [0.15, 0.2) is 5.13 Å². The number of rotatable bonds is 4. The molecule has 0 bridgehead atoms. The zero-order chi connectivity index (χ0) is 14.5. The zero-order valence-electron chi connectivity index (χ0n) is 11.8. The van der Waals surface area contributed by atoms with Gasteiger partial charge in [-0.25, -0.2) is 9.78 Å². The fourth-order valence-electron chi connectivity index (χ4n) is 2.09. The molecular weight excluding hydrogens is 278 g/mol. The standard InChI is InChI=1S/C13H19N3O3S/c1-3-5-11(17)16-7-6-9-10(8-16)20-12(14-9)15-13(18)19-4-2/h3-8H2,1-2H3,(H,14,15,18). The molecule has 6 nitrogen and oxygen atoms in total. The number of aromatic nitrogens is 1. The molecule has 0 spiro atoms. The molecule has 0 atom stereocenters. The molecule has 0 radical (unpaired) electrons. The van der Waals surface area contributed by atoms with Gasteiger partial charge >= 0.3 is 6.09 Å². The Hall–Kier alpha value is -1.63. The van der Waals surface area contributed by atoms with Crippen molar-refractivity contribution in [3.63, 3.8) is 0 Å². The Labute approximate surface area is 122 Å². The lowest BCUT2D eigenvalue weighted by Crippen LogP contribution is -2.35. The number of nitrogens with zero attached hydrogens (tertiary/aromatic N) is 2. The van der Waals surface area contributed by atoms with Crippen LogP contribution in [0.15, 0.2) is 0 Å². The molecule has 1 aromatic heterocycles. The molecule has 1 aliphatic rings. The third kappa shape index (κ3) is 3.47. The Kier molecular flexibility index (Phi) is 4.94. The summed E-state index contributed by atoms with van der Waals surface area (Å²) in [4.78, 5) is 30.5. The van der Waals surface area contributed by atoms with Gasteiger partial charge in [-0.1, -0.05) is 18.3 Å². The fraction of sp³-hybridized carbons (Fsp3) is 0.615. The molecule has 1 N–H and O–H groups in total. The number of amides is 2. The highest BCUT2D eigenvalue weighted by atomic mass is 32.1. The van der Waals surface area contributed by atoms with Crippen LogP contribution in [0.5, 0.6) is 0 Å². The molecule has 0 saturated heterocycles. The summed E-state index contributed by atoms with van der Waals surface area (Å²) in [5, 5.41) is 3.15. The van der Waals surface area contributed by atoms with Gasteiger partial charge in [0.25, 0.3) is 0 Å². The number of thiazole rings is 1. The van der Waals surface area contributed by atoms with Crippen molar-refractivity contribution in [1.29, 1.82) is 0 Å². The molecule has 20 heavy (non-hydrogen) atoms. The first-order valence-corrected chi connectivity index (χ1v) is 7.65. The van der Waals surface area contributed by atoms with Crippen molar-refractivity contribution in [1.82, 2.24) is 9.88 Å². The Bertz CT molecular complexity index is 501. The van der Waals surface area contributed by atoms with Crippen LogP contribution in [0.1, 0.15) is 37.3 Å². The molecule has 110 valence electrons. The minimum atomic E-state index is -0.488. The molecule has 0 aliphatic carbocycles. The first-order valence-electron chi connectivity index (χ1n) is 6.84. The average Bonchev–Trinajstić information content (AvgIpc) is 2.80. The fourth-order valence-corrected chi connectivity index (χ4v) is 3.10. The average molecular weight is 297 g/mol. The van der Waals surface area contributed by atoms with Crippen LogP contribution in [0.25, 0.3) is 0 Å². The van der Waals surface area contributed by atoms with E-state index in [1.807, 2.05) is 11.8 Å². The maximum absolute atomic E-state index is 11.9. The molecule has 2 rings (SSSR count). The topological polar surface area (TPSA) is 71.5 Å². The van der Waals surface area contributed by atoms with Gasteiger partial charge in [0.1, 0.15) is 0 Å². The Morgan fingerprint density at radius 3 is 2.95 bits per heavy atom. The summed E-state index contributed by atoms with van der Waals surface area (Å²) in [5.41, 5.74) is 0.974. The van der Waals surface area contributed by atoms with Crippen molar-refractivity contribution in [2.24, 2.45) is 0 Å². The second-order valence-corrected chi connectivity index (χ2v) is 5.63. The van der Waals surface area contributed by atoms with Crippen LogP contribution in [0.4, 0.5) is 9.93 Å². The van der Waals surface area contributed by atoms with Gasteiger partial charge in [-0.15, -0.1) is 0 Å². The third-order valence-electron chi connectivity index (χ3n) is 3.03. The first kappa shape index (κ1) is 14.8. The number of anilines is 1. The van der Waals surface area contributed by atoms with Crippen LogP contribution >= 0.6 is 11.3 Å².